The molecule has 0 amide bonds. The van der Waals surface area contributed by atoms with E-state index in [2.05, 4.69) is 23.5 Å². The average molecular weight is 311 g/mol. The van der Waals surface area contributed by atoms with Gasteiger partial charge in [0, 0.05) is 13.1 Å². The lowest BCUT2D eigenvalue weighted by Crippen LogP contribution is -2.31. The molecule has 0 atom stereocenters. The van der Waals surface area contributed by atoms with Gasteiger partial charge in [-0.2, -0.15) is 4.98 Å². The number of aromatic amines is 1. The van der Waals surface area contributed by atoms with Gasteiger partial charge < -0.3 is 4.57 Å². The van der Waals surface area contributed by atoms with Crippen molar-refractivity contribution >= 4 is 22.8 Å². The second-order valence-electron chi connectivity index (χ2n) is 4.92. The van der Waals surface area contributed by atoms with Crippen LogP contribution in [0.4, 0.5) is 0 Å². The number of halogens is 1. The maximum Gasteiger partial charge on any atom is 0.330 e. The summed E-state index contributed by atoms with van der Waals surface area (Å²) in [6, 6.07) is 0. The molecule has 0 bridgehead atoms. The first-order valence-corrected chi connectivity index (χ1v) is 7.47. The van der Waals surface area contributed by atoms with E-state index in [0.717, 1.165) is 25.7 Å². The summed E-state index contributed by atoms with van der Waals surface area (Å²) in [7, 11) is 0. The molecule has 2 aromatic heterocycles. The molecule has 0 fully saturated rings. The Labute approximate surface area is 127 Å². The van der Waals surface area contributed by atoms with Crippen LogP contribution in [-0.4, -0.2) is 19.1 Å². The van der Waals surface area contributed by atoms with E-state index >= 15 is 0 Å². The number of H-pyrrole nitrogens is 1. The molecule has 0 aliphatic heterocycles. The molecule has 0 aliphatic rings. The normalized spacial score (nSPS) is 11.1. The van der Waals surface area contributed by atoms with Crippen LogP contribution in [0.5, 0.6) is 0 Å². The fourth-order valence-electron chi connectivity index (χ4n) is 2.35. The minimum Gasteiger partial charge on any atom is -0.305 e. The van der Waals surface area contributed by atoms with Crippen molar-refractivity contribution in [3.05, 3.63) is 38.8 Å². The minimum absolute atomic E-state index is 0.184. The predicted octanol–water partition coefficient (Wildman–Crippen LogP) is 2.31. The van der Waals surface area contributed by atoms with Gasteiger partial charge in [0.2, 0.25) is 5.28 Å². The van der Waals surface area contributed by atoms with Crippen LogP contribution in [0.1, 0.15) is 32.6 Å². The van der Waals surface area contributed by atoms with Gasteiger partial charge in [0.05, 0.1) is 0 Å². The van der Waals surface area contributed by atoms with Crippen LogP contribution in [-0.2, 0) is 13.1 Å². The largest absolute Gasteiger partial charge is 0.330 e. The van der Waals surface area contributed by atoms with Gasteiger partial charge in [-0.1, -0.05) is 32.3 Å². The van der Waals surface area contributed by atoms with Crippen molar-refractivity contribution in [2.24, 2.45) is 0 Å². The lowest BCUT2D eigenvalue weighted by molar-refractivity contribution is 0.571. The van der Waals surface area contributed by atoms with Gasteiger partial charge in [-0.05, 0) is 18.0 Å². The third-order valence-electron chi connectivity index (χ3n) is 3.39. The van der Waals surface area contributed by atoms with E-state index in [-0.39, 0.29) is 5.28 Å². The van der Waals surface area contributed by atoms with Crippen LogP contribution in [0.3, 0.4) is 0 Å². The number of fused-ring (bicyclic) bond motifs is 1. The summed E-state index contributed by atoms with van der Waals surface area (Å²) in [6.45, 7) is 6.65. The van der Waals surface area contributed by atoms with Crippen LogP contribution in [0.25, 0.3) is 11.2 Å². The summed E-state index contributed by atoms with van der Waals surface area (Å²) in [6.07, 6.45) is 5.76. The van der Waals surface area contributed by atoms with Gasteiger partial charge in [0.1, 0.15) is 0 Å². The quantitative estimate of drug-likeness (QED) is 0.484. The second kappa shape index (κ2) is 6.76. The first kappa shape index (κ1) is 15.6. The molecular weight excluding hydrogens is 292 g/mol. The summed E-state index contributed by atoms with van der Waals surface area (Å²) >= 11 is 6.06. The number of unbranched alkanes of at least 4 members (excludes halogenated alkanes) is 3. The predicted molar refractivity (Wildman–Crippen MR) is 84.0 cm³/mol. The third kappa shape index (κ3) is 3.10. The van der Waals surface area contributed by atoms with Crippen molar-refractivity contribution in [3.8, 4) is 0 Å². The Kier molecular flexibility index (Phi) is 5.01. The number of hydrogen-bond donors (Lipinski definition) is 1. The summed E-state index contributed by atoms with van der Waals surface area (Å²) in [5.74, 6) is 0. The first-order chi connectivity index (χ1) is 10.1. The van der Waals surface area contributed by atoms with Crippen molar-refractivity contribution in [1.29, 1.82) is 0 Å². The molecule has 0 spiro atoms. The Morgan fingerprint density at radius 1 is 1.29 bits per heavy atom. The van der Waals surface area contributed by atoms with E-state index in [1.54, 1.807) is 10.6 Å². The van der Waals surface area contributed by atoms with Gasteiger partial charge in [0.25, 0.3) is 5.56 Å². The number of aryl methyl sites for hydroxylation is 1. The van der Waals surface area contributed by atoms with Gasteiger partial charge in [-0.15, -0.1) is 6.58 Å². The summed E-state index contributed by atoms with van der Waals surface area (Å²) in [5.41, 5.74) is -0.257. The molecule has 6 nitrogen and oxygen atoms in total. The zero-order chi connectivity index (χ0) is 15.4. The van der Waals surface area contributed by atoms with Gasteiger partial charge in [-0.25, -0.2) is 4.79 Å². The number of rotatable bonds is 7. The fourth-order valence-corrected chi connectivity index (χ4v) is 2.58. The molecule has 0 radical (unpaired) electrons. The highest BCUT2D eigenvalue weighted by molar-refractivity contribution is 6.29. The van der Waals surface area contributed by atoms with Gasteiger partial charge in [-0.3, -0.25) is 14.3 Å². The number of nitrogens with zero attached hydrogens (tertiary/aromatic N) is 3. The molecule has 7 heteroatoms. The van der Waals surface area contributed by atoms with Crippen molar-refractivity contribution in [3.63, 3.8) is 0 Å². The van der Waals surface area contributed by atoms with Crippen LogP contribution in [0.2, 0.25) is 5.28 Å². The van der Waals surface area contributed by atoms with E-state index in [1.807, 2.05) is 0 Å². The van der Waals surface area contributed by atoms with Crippen LogP contribution in [0.15, 0.2) is 22.2 Å². The molecule has 0 unspecified atom stereocenters. The number of allylic oxidation sites excluding steroid dienone is 1. The van der Waals surface area contributed by atoms with Crippen molar-refractivity contribution < 1.29 is 0 Å². The number of nitrogens with one attached hydrogen (secondary N) is 1. The van der Waals surface area contributed by atoms with Crippen molar-refractivity contribution in [2.45, 2.75) is 45.7 Å². The maximum absolute atomic E-state index is 12.0. The molecule has 2 heterocycles. The Hall–Kier alpha value is -1.82. The summed E-state index contributed by atoms with van der Waals surface area (Å²) in [5, 5.41) is 0.184. The molecule has 0 aliphatic carbocycles. The fraction of sp³-hybridized carbons (Fsp3) is 0.500. The van der Waals surface area contributed by atoms with E-state index in [0.29, 0.717) is 24.3 Å². The molecule has 2 aromatic rings. The van der Waals surface area contributed by atoms with Crippen molar-refractivity contribution in [1.82, 2.24) is 19.1 Å². The zero-order valence-corrected chi connectivity index (χ0v) is 12.8. The Bertz CT molecular complexity index is 757. The standard InChI is InChI=1S/C14H19ClN4O2/c1-3-5-6-7-9-19-11-10(12(20)17-14(19)21)18(8-4-2)13(15)16-11/h4H,2-3,5-9H2,1H3,(H,17,20,21). The lowest BCUT2D eigenvalue weighted by atomic mass is 10.2. The Morgan fingerprint density at radius 2 is 2.05 bits per heavy atom. The maximum atomic E-state index is 12.0. The van der Waals surface area contributed by atoms with E-state index in [9.17, 15) is 9.59 Å². The van der Waals surface area contributed by atoms with Crippen LogP contribution in [0, 0.1) is 0 Å². The van der Waals surface area contributed by atoms with Crippen LogP contribution >= 0.6 is 11.6 Å². The number of imidazole rings is 1. The van der Waals surface area contributed by atoms with Crippen LogP contribution < -0.4 is 11.2 Å². The Morgan fingerprint density at radius 3 is 2.71 bits per heavy atom. The Balaban J connectivity index is 2.50. The van der Waals surface area contributed by atoms with Gasteiger partial charge in [0.15, 0.2) is 11.2 Å². The lowest BCUT2D eigenvalue weighted by Gasteiger charge is -2.06. The average Bonchev–Trinajstić information content (AvgIpc) is 2.76. The van der Waals surface area contributed by atoms with Crippen molar-refractivity contribution in [2.75, 3.05) is 0 Å². The molecular formula is C14H19ClN4O2. The molecule has 0 aromatic carbocycles. The molecule has 1 N–H and O–H groups in total. The summed E-state index contributed by atoms with van der Waals surface area (Å²) in [4.78, 5) is 30.5. The van der Waals surface area contributed by atoms with E-state index < -0.39 is 11.2 Å². The second-order valence-corrected chi connectivity index (χ2v) is 5.26. The highest BCUT2D eigenvalue weighted by Gasteiger charge is 2.16. The topological polar surface area (TPSA) is 72.7 Å². The smallest absolute Gasteiger partial charge is 0.305 e. The monoisotopic (exact) mass is 310 g/mol. The molecule has 21 heavy (non-hydrogen) atoms. The number of hydrogen-bond acceptors (Lipinski definition) is 3. The highest BCUT2D eigenvalue weighted by Crippen LogP contribution is 2.16. The zero-order valence-electron chi connectivity index (χ0n) is 12.1. The molecule has 114 valence electrons. The van der Waals surface area contributed by atoms with E-state index in [1.165, 1.54) is 4.57 Å². The molecule has 2 rings (SSSR count). The minimum atomic E-state index is -0.471. The highest BCUT2D eigenvalue weighted by atomic mass is 35.5. The SMILES string of the molecule is C=CCn1c(Cl)nc2c1c(=O)[nH]c(=O)n2CCCCCC. The van der Waals surface area contributed by atoms with E-state index in [4.69, 9.17) is 11.6 Å². The van der Waals surface area contributed by atoms with Gasteiger partial charge >= 0.3 is 5.69 Å². The first-order valence-electron chi connectivity index (χ1n) is 7.09. The molecule has 0 saturated heterocycles. The number of aromatic nitrogens is 4. The third-order valence-corrected chi connectivity index (χ3v) is 3.67. The summed E-state index contributed by atoms with van der Waals surface area (Å²) < 4.78 is 3.03. The molecule has 0 saturated carbocycles.